The number of nitro groups is 1. The standard InChI is InChI=1S/C13H20N2O2/c1-5-13(3,4)9-14-11-6-7-12(15(16)17)10(2)8-11/h6-8,14H,5,9H2,1-4H3. The highest BCUT2D eigenvalue weighted by atomic mass is 16.6. The third-order valence-electron chi connectivity index (χ3n) is 3.12. The molecule has 0 aliphatic heterocycles. The highest BCUT2D eigenvalue weighted by molar-refractivity contribution is 5.53. The molecule has 0 bridgehead atoms. The number of aryl methyl sites for hydroxylation is 1. The molecule has 1 aromatic rings. The van der Waals surface area contributed by atoms with Gasteiger partial charge in [0, 0.05) is 23.9 Å². The fourth-order valence-corrected chi connectivity index (χ4v) is 1.44. The van der Waals surface area contributed by atoms with E-state index in [-0.39, 0.29) is 16.0 Å². The monoisotopic (exact) mass is 236 g/mol. The van der Waals surface area contributed by atoms with Crippen LogP contribution in [0.4, 0.5) is 11.4 Å². The van der Waals surface area contributed by atoms with Crippen LogP contribution in [0.1, 0.15) is 32.8 Å². The van der Waals surface area contributed by atoms with E-state index >= 15 is 0 Å². The van der Waals surface area contributed by atoms with Crippen molar-refractivity contribution in [2.75, 3.05) is 11.9 Å². The van der Waals surface area contributed by atoms with Gasteiger partial charge >= 0.3 is 0 Å². The van der Waals surface area contributed by atoms with Gasteiger partial charge in [0.25, 0.3) is 5.69 Å². The molecular weight excluding hydrogens is 216 g/mol. The number of hydrogen-bond acceptors (Lipinski definition) is 3. The molecule has 0 saturated carbocycles. The number of rotatable bonds is 5. The van der Waals surface area contributed by atoms with Crippen LogP contribution in [0.3, 0.4) is 0 Å². The van der Waals surface area contributed by atoms with Gasteiger partial charge in [-0.05, 0) is 30.9 Å². The molecule has 17 heavy (non-hydrogen) atoms. The molecule has 1 rings (SSSR count). The number of nitrogens with one attached hydrogen (secondary N) is 1. The first kappa shape index (κ1) is 13.5. The van der Waals surface area contributed by atoms with Crippen LogP contribution in [0.2, 0.25) is 0 Å². The number of hydrogen-bond donors (Lipinski definition) is 1. The van der Waals surface area contributed by atoms with Crippen molar-refractivity contribution >= 4 is 11.4 Å². The van der Waals surface area contributed by atoms with Gasteiger partial charge in [-0.25, -0.2) is 0 Å². The van der Waals surface area contributed by atoms with Crippen molar-refractivity contribution in [3.8, 4) is 0 Å². The Morgan fingerprint density at radius 3 is 2.53 bits per heavy atom. The normalized spacial score (nSPS) is 11.3. The third kappa shape index (κ3) is 3.73. The number of benzene rings is 1. The molecule has 1 aromatic carbocycles. The fraction of sp³-hybridized carbons (Fsp3) is 0.538. The van der Waals surface area contributed by atoms with Gasteiger partial charge in [-0.2, -0.15) is 0 Å². The van der Waals surface area contributed by atoms with Gasteiger partial charge in [0.1, 0.15) is 0 Å². The molecule has 0 saturated heterocycles. The van der Waals surface area contributed by atoms with E-state index in [9.17, 15) is 10.1 Å². The highest BCUT2D eigenvalue weighted by Gasteiger charge is 2.15. The summed E-state index contributed by atoms with van der Waals surface area (Å²) in [5, 5.41) is 14.0. The second-order valence-corrected chi connectivity index (χ2v) is 5.13. The van der Waals surface area contributed by atoms with Crippen molar-refractivity contribution < 1.29 is 4.92 Å². The van der Waals surface area contributed by atoms with Crippen LogP contribution in [0.25, 0.3) is 0 Å². The smallest absolute Gasteiger partial charge is 0.272 e. The average molecular weight is 236 g/mol. The van der Waals surface area contributed by atoms with Crippen LogP contribution in [-0.2, 0) is 0 Å². The van der Waals surface area contributed by atoms with Crippen molar-refractivity contribution in [3.05, 3.63) is 33.9 Å². The van der Waals surface area contributed by atoms with Gasteiger partial charge in [0.05, 0.1) is 4.92 Å². The highest BCUT2D eigenvalue weighted by Crippen LogP contribution is 2.24. The van der Waals surface area contributed by atoms with E-state index in [1.165, 1.54) is 0 Å². The van der Waals surface area contributed by atoms with E-state index in [0.717, 1.165) is 18.7 Å². The molecule has 0 atom stereocenters. The number of anilines is 1. The Labute approximate surface area is 102 Å². The summed E-state index contributed by atoms with van der Waals surface area (Å²) in [6, 6.07) is 5.14. The molecule has 0 spiro atoms. The predicted octanol–water partition coefficient (Wildman–Crippen LogP) is 3.75. The van der Waals surface area contributed by atoms with Gasteiger partial charge in [-0.1, -0.05) is 20.8 Å². The lowest BCUT2D eigenvalue weighted by atomic mass is 9.90. The van der Waals surface area contributed by atoms with Crippen molar-refractivity contribution in [3.63, 3.8) is 0 Å². The third-order valence-corrected chi connectivity index (χ3v) is 3.12. The zero-order valence-corrected chi connectivity index (χ0v) is 10.9. The molecule has 4 nitrogen and oxygen atoms in total. The lowest BCUT2D eigenvalue weighted by Crippen LogP contribution is -2.21. The summed E-state index contributed by atoms with van der Waals surface area (Å²) in [5.41, 5.74) is 2.03. The zero-order chi connectivity index (χ0) is 13.1. The van der Waals surface area contributed by atoms with Crippen LogP contribution < -0.4 is 5.32 Å². The summed E-state index contributed by atoms with van der Waals surface area (Å²) < 4.78 is 0. The van der Waals surface area contributed by atoms with E-state index < -0.39 is 0 Å². The van der Waals surface area contributed by atoms with Crippen LogP contribution >= 0.6 is 0 Å². The van der Waals surface area contributed by atoms with Crippen LogP contribution in [0, 0.1) is 22.5 Å². The largest absolute Gasteiger partial charge is 0.384 e. The Hall–Kier alpha value is -1.58. The summed E-state index contributed by atoms with van der Waals surface area (Å²) in [5.74, 6) is 0. The minimum absolute atomic E-state index is 0.172. The van der Waals surface area contributed by atoms with Crippen LogP contribution in [-0.4, -0.2) is 11.5 Å². The maximum atomic E-state index is 10.7. The van der Waals surface area contributed by atoms with E-state index in [1.807, 2.05) is 6.07 Å². The first-order chi connectivity index (χ1) is 7.85. The lowest BCUT2D eigenvalue weighted by molar-refractivity contribution is -0.385. The molecule has 0 aliphatic carbocycles. The topological polar surface area (TPSA) is 55.2 Å². The van der Waals surface area contributed by atoms with E-state index in [0.29, 0.717) is 5.56 Å². The average Bonchev–Trinajstić information content (AvgIpc) is 2.26. The number of nitro benzene ring substituents is 1. The molecular formula is C13H20N2O2. The number of nitrogens with zero attached hydrogens (tertiary/aromatic N) is 1. The van der Waals surface area contributed by atoms with E-state index in [2.05, 4.69) is 26.1 Å². The molecule has 0 aliphatic rings. The van der Waals surface area contributed by atoms with Crippen molar-refractivity contribution in [2.24, 2.45) is 5.41 Å². The molecule has 0 radical (unpaired) electrons. The Bertz CT molecular complexity index is 414. The molecule has 1 N–H and O–H groups in total. The quantitative estimate of drug-likeness (QED) is 0.625. The van der Waals surface area contributed by atoms with Crippen molar-refractivity contribution in [1.82, 2.24) is 0 Å². The van der Waals surface area contributed by atoms with Gasteiger partial charge in [0.15, 0.2) is 0 Å². The molecule has 4 heteroatoms. The summed E-state index contributed by atoms with van der Waals surface area (Å²) in [7, 11) is 0. The SMILES string of the molecule is CCC(C)(C)CNc1ccc([N+](=O)[O-])c(C)c1. The van der Waals surface area contributed by atoms with Crippen LogP contribution in [0.5, 0.6) is 0 Å². The van der Waals surface area contributed by atoms with Gasteiger partial charge in [0.2, 0.25) is 0 Å². The molecule has 94 valence electrons. The Morgan fingerprint density at radius 1 is 1.41 bits per heavy atom. The fourth-order valence-electron chi connectivity index (χ4n) is 1.44. The second kappa shape index (κ2) is 5.17. The van der Waals surface area contributed by atoms with Crippen molar-refractivity contribution in [1.29, 1.82) is 0 Å². The van der Waals surface area contributed by atoms with E-state index in [4.69, 9.17) is 0 Å². The molecule has 0 unspecified atom stereocenters. The Morgan fingerprint density at radius 2 is 2.06 bits per heavy atom. The predicted molar refractivity (Wildman–Crippen MR) is 70.4 cm³/mol. The van der Waals surface area contributed by atoms with Gasteiger partial charge < -0.3 is 5.32 Å². The minimum atomic E-state index is -0.352. The Kier molecular flexibility index (Phi) is 4.10. The maximum Gasteiger partial charge on any atom is 0.272 e. The molecule has 0 heterocycles. The summed E-state index contributed by atoms with van der Waals surface area (Å²) in [6.45, 7) is 9.16. The van der Waals surface area contributed by atoms with Gasteiger partial charge in [-0.3, -0.25) is 10.1 Å². The maximum absolute atomic E-state index is 10.7. The zero-order valence-electron chi connectivity index (χ0n) is 10.9. The van der Waals surface area contributed by atoms with Gasteiger partial charge in [-0.15, -0.1) is 0 Å². The lowest BCUT2D eigenvalue weighted by Gasteiger charge is -2.23. The first-order valence-corrected chi connectivity index (χ1v) is 5.84. The van der Waals surface area contributed by atoms with E-state index in [1.54, 1.807) is 19.1 Å². The minimum Gasteiger partial charge on any atom is -0.384 e. The molecule has 0 aromatic heterocycles. The summed E-state index contributed by atoms with van der Waals surface area (Å²) in [6.07, 6.45) is 1.09. The first-order valence-electron chi connectivity index (χ1n) is 5.84. The van der Waals surface area contributed by atoms with Crippen LogP contribution in [0.15, 0.2) is 18.2 Å². The summed E-state index contributed by atoms with van der Waals surface area (Å²) in [4.78, 5) is 10.3. The van der Waals surface area contributed by atoms with Crippen molar-refractivity contribution in [2.45, 2.75) is 34.1 Å². The second-order valence-electron chi connectivity index (χ2n) is 5.13. The molecule has 0 amide bonds. The summed E-state index contributed by atoms with van der Waals surface area (Å²) >= 11 is 0. The molecule has 0 fully saturated rings. The Balaban J connectivity index is 2.75.